The number of rotatable bonds is 13. The van der Waals surface area contributed by atoms with Crippen LogP contribution in [0.25, 0.3) is 0 Å². The summed E-state index contributed by atoms with van der Waals surface area (Å²) in [5, 5.41) is 10.6. The number of hydrogen-bond acceptors (Lipinski definition) is 6. The minimum atomic E-state index is -1.24. The van der Waals surface area contributed by atoms with Crippen molar-refractivity contribution in [3.63, 3.8) is 0 Å². The van der Waals surface area contributed by atoms with Gasteiger partial charge in [0.1, 0.15) is 17.4 Å². The topological polar surface area (TPSA) is 99.6 Å². The maximum Gasteiger partial charge on any atom is 0.253 e. The summed E-state index contributed by atoms with van der Waals surface area (Å²) in [6.45, 7) is 13.7. The highest BCUT2D eigenvalue weighted by molar-refractivity contribution is 6.07. The van der Waals surface area contributed by atoms with Crippen LogP contribution in [0.3, 0.4) is 0 Å². The number of para-hydroxylation sites is 1. The zero-order valence-electron chi connectivity index (χ0n) is 26.7. The number of benzene rings is 2. The number of anilines is 2. The van der Waals surface area contributed by atoms with Crippen molar-refractivity contribution in [3.05, 3.63) is 79.9 Å². The lowest BCUT2D eigenvalue weighted by molar-refractivity contribution is -0.150. The molecule has 2 unspecified atom stereocenters. The van der Waals surface area contributed by atoms with E-state index in [0.29, 0.717) is 36.4 Å². The Labute approximate surface area is 266 Å². The van der Waals surface area contributed by atoms with E-state index in [2.05, 4.69) is 13.2 Å². The van der Waals surface area contributed by atoms with Crippen molar-refractivity contribution in [1.82, 2.24) is 4.90 Å². The number of likely N-dealkylation sites (tertiary alicyclic amines) is 1. The van der Waals surface area contributed by atoms with Crippen molar-refractivity contribution in [2.45, 2.75) is 63.3 Å². The van der Waals surface area contributed by atoms with Crippen LogP contribution in [0.1, 0.15) is 40.0 Å². The van der Waals surface area contributed by atoms with Crippen molar-refractivity contribution in [2.75, 3.05) is 36.6 Å². The van der Waals surface area contributed by atoms with Gasteiger partial charge in [0.25, 0.3) is 5.91 Å². The summed E-state index contributed by atoms with van der Waals surface area (Å²) < 4.78 is 12.3. The predicted molar refractivity (Wildman–Crippen MR) is 174 cm³/mol. The lowest BCUT2D eigenvalue weighted by atomic mass is 9.64. The van der Waals surface area contributed by atoms with E-state index in [-0.39, 0.29) is 43.3 Å². The monoisotopic (exact) mass is 615 g/mol. The van der Waals surface area contributed by atoms with Gasteiger partial charge < -0.3 is 29.3 Å². The zero-order valence-corrected chi connectivity index (χ0v) is 26.7. The van der Waals surface area contributed by atoms with Crippen LogP contribution in [0.2, 0.25) is 0 Å². The van der Waals surface area contributed by atoms with E-state index in [1.807, 2.05) is 51.1 Å². The average molecular weight is 616 g/mol. The third-order valence-corrected chi connectivity index (χ3v) is 10.0. The minimum absolute atomic E-state index is 0.161. The highest BCUT2D eigenvalue weighted by Crippen LogP contribution is 2.65. The van der Waals surface area contributed by atoms with Crippen LogP contribution in [0.15, 0.2) is 79.9 Å². The first-order valence-electron chi connectivity index (χ1n) is 15.8. The standard InChI is InChI=1S/C36H45N3O6/c1-7-21-37(25-13-11-10-12-14-25)32(41)29-30-33(42)39(28(23-40)24(4)5)31(36(30)20-19-35(29,9-3)45-36)34(43)38(22-8-2)26-15-17-27(44-6)18-16-26/h7-8,10-18,24,28-31,40H,1-2,9,19-23H2,3-6H3/t28-,29+,30-,31?,35-,36?/m0/s1. The molecular formula is C36H45N3O6. The summed E-state index contributed by atoms with van der Waals surface area (Å²) >= 11 is 0. The van der Waals surface area contributed by atoms with Crippen LogP contribution >= 0.6 is 0 Å². The molecule has 3 aliphatic heterocycles. The molecule has 240 valence electrons. The Balaban J connectivity index is 1.65. The quantitative estimate of drug-likeness (QED) is 0.331. The molecule has 0 aromatic heterocycles. The Hall–Kier alpha value is -3.95. The Kier molecular flexibility index (Phi) is 9.23. The Morgan fingerprint density at radius 2 is 1.62 bits per heavy atom. The SMILES string of the molecule is C=CCN(C(=O)C1N([C@@H](CO)C(C)C)C(=O)[C@@H]2[C@H](C(=O)N(CC=C)c3ccccc3)[C@]3(CC)CCC12O3)c1ccc(OC)cc1. The Bertz CT molecular complexity index is 1430. The summed E-state index contributed by atoms with van der Waals surface area (Å²) in [4.78, 5) is 49.3. The molecule has 9 heteroatoms. The number of aliphatic hydroxyl groups is 1. The summed E-state index contributed by atoms with van der Waals surface area (Å²) in [5.41, 5.74) is -0.835. The molecule has 2 bridgehead atoms. The number of carbonyl (C=O) groups is 3. The lowest BCUT2D eigenvalue weighted by Crippen LogP contribution is -2.60. The molecule has 45 heavy (non-hydrogen) atoms. The third kappa shape index (κ3) is 5.16. The van der Waals surface area contributed by atoms with Crippen LogP contribution < -0.4 is 14.5 Å². The van der Waals surface area contributed by atoms with Gasteiger partial charge in [0.2, 0.25) is 11.8 Å². The largest absolute Gasteiger partial charge is 0.497 e. The molecule has 1 N–H and O–H groups in total. The number of fused-ring (bicyclic) bond motifs is 1. The molecule has 1 spiro atoms. The van der Waals surface area contributed by atoms with Gasteiger partial charge in [-0.3, -0.25) is 14.4 Å². The number of hydrogen-bond donors (Lipinski definition) is 1. The highest BCUT2D eigenvalue weighted by Gasteiger charge is 2.79. The fraction of sp³-hybridized carbons (Fsp3) is 0.472. The molecular weight excluding hydrogens is 570 g/mol. The number of carbonyl (C=O) groups excluding carboxylic acids is 3. The predicted octanol–water partition coefficient (Wildman–Crippen LogP) is 4.61. The van der Waals surface area contributed by atoms with Crippen LogP contribution in [-0.2, 0) is 19.1 Å². The summed E-state index contributed by atoms with van der Waals surface area (Å²) in [5.74, 6) is -2.10. The van der Waals surface area contributed by atoms with Gasteiger partial charge in [0.15, 0.2) is 0 Å². The molecule has 3 aliphatic rings. The molecule has 3 fully saturated rings. The van der Waals surface area contributed by atoms with Gasteiger partial charge in [-0.15, -0.1) is 13.2 Å². The van der Waals surface area contributed by atoms with E-state index >= 15 is 0 Å². The molecule has 9 nitrogen and oxygen atoms in total. The third-order valence-electron chi connectivity index (χ3n) is 10.0. The number of aliphatic hydroxyl groups excluding tert-OH is 1. The summed E-state index contributed by atoms with van der Waals surface area (Å²) in [6, 6.07) is 14.8. The fourth-order valence-electron chi connectivity index (χ4n) is 7.88. The summed E-state index contributed by atoms with van der Waals surface area (Å²) in [6.07, 6.45) is 4.80. The van der Waals surface area contributed by atoms with Gasteiger partial charge in [-0.2, -0.15) is 0 Å². The zero-order chi connectivity index (χ0) is 32.5. The van der Waals surface area contributed by atoms with E-state index < -0.39 is 35.1 Å². The fourth-order valence-corrected chi connectivity index (χ4v) is 7.88. The second-order valence-electron chi connectivity index (χ2n) is 12.6. The minimum Gasteiger partial charge on any atom is -0.497 e. The number of methoxy groups -OCH3 is 1. The van der Waals surface area contributed by atoms with Crippen molar-refractivity contribution < 1.29 is 29.0 Å². The maximum atomic E-state index is 14.9. The highest BCUT2D eigenvalue weighted by atomic mass is 16.5. The molecule has 5 rings (SSSR count). The van der Waals surface area contributed by atoms with Crippen molar-refractivity contribution >= 4 is 29.1 Å². The first-order valence-corrected chi connectivity index (χ1v) is 15.8. The Morgan fingerprint density at radius 1 is 1.02 bits per heavy atom. The number of ether oxygens (including phenoxy) is 2. The van der Waals surface area contributed by atoms with Gasteiger partial charge in [-0.25, -0.2) is 0 Å². The molecule has 3 amide bonds. The van der Waals surface area contributed by atoms with Crippen molar-refractivity contribution in [2.24, 2.45) is 17.8 Å². The number of amides is 3. The normalized spacial score (nSPS) is 27.3. The van der Waals surface area contributed by atoms with Gasteiger partial charge >= 0.3 is 0 Å². The molecule has 0 radical (unpaired) electrons. The van der Waals surface area contributed by atoms with E-state index in [1.54, 1.807) is 58.2 Å². The second-order valence-corrected chi connectivity index (χ2v) is 12.6. The van der Waals surface area contributed by atoms with Crippen molar-refractivity contribution in [1.29, 1.82) is 0 Å². The van der Waals surface area contributed by atoms with Crippen LogP contribution in [-0.4, -0.2) is 77.8 Å². The molecule has 0 aliphatic carbocycles. The number of nitrogens with zero attached hydrogens (tertiary/aromatic N) is 3. The Morgan fingerprint density at radius 3 is 2.16 bits per heavy atom. The molecule has 2 aromatic carbocycles. The first-order chi connectivity index (χ1) is 21.6. The van der Waals surface area contributed by atoms with Crippen molar-refractivity contribution in [3.8, 4) is 5.75 Å². The summed E-state index contributed by atoms with van der Waals surface area (Å²) in [7, 11) is 1.58. The van der Waals surface area contributed by atoms with Gasteiger partial charge in [0, 0.05) is 24.5 Å². The average Bonchev–Trinajstić information content (AvgIpc) is 3.66. The lowest BCUT2D eigenvalue weighted by Gasteiger charge is -2.40. The molecule has 2 aromatic rings. The maximum absolute atomic E-state index is 14.9. The molecule has 6 atom stereocenters. The van der Waals surface area contributed by atoms with E-state index in [1.165, 1.54) is 0 Å². The smallest absolute Gasteiger partial charge is 0.253 e. The van der Waals surface area contributed by atoms with E-state index in [4.69, 9.17) is 9.47 Å². The van der Waals surface area contributed by atoms with Gasteiger partial charge in [-0.05, 0) is 61.6 Å². The van der Waals surface area contributed by atoms with Gasteiger partial charge in [0.05, 0.1) is 37.2 Å². The molecule has 3 saturated heterocycles. The van der Waals surface area contributed by atoms with E-state index in [0.717, 1.165) is 0 Å². The molecule has 0 saturated carbocycles. The van der Waals surface area contributed by atoms with Gasteiger partial charge in [-0.1, -0.05) is 51.1 Å². The second kappa shape index (κ2) is 12.8. The van der Waals surface area contributed by atoms with Crippen LogP contribution in [0.4, 0.5) is 11.4 Å². The first kappa shape index (κ1) is 32.4. The molecule has 3 heterocycles. The van der Waals surface area contributed by atoms with Crippen LogP contribution in [0, 0.1) is 17.8 Å². The van der Waals surface area contributed by atoms with Crippen LogP contribution in [0.5, 0.6) is 5.75 Å². The van der Waals surface area contributed by atoms with E-state index in [9.17, 15) is 19.5 Å².